The van der Waals surface area contributed by atoms with Crippen molar-refractivity contribution in [2.75, 3.05) is 16.3 Å². The van der Waals surface area contributed by atoms with Crippen LogP contribution in [0.4, 0.5) is 11.4 Å². The zero-order valence-corrected chi connectivity index (χ0v) is 22.5. The quantitative estimate of drug-likeness (QED) is 0.420. The third-order valence-electron chi connectivity index (χ3n) is 6.46. The van der Waals surface area contributed by atoms with Gasteiger partial charge in [-0.3, -0.25) is 14.1 Å². The number of benzene rings is 2. The first kappa shape index (κ1) is 26.1. The van der Waals surface area contributed by atoms with Crippen LogP contribution in [-0.2, 0) is 24.8 Å². The maximum Gasteiger partial charge on any atom is 0.346 e. The van der Waals surface area contributed by atoms with Gasteiger partial charge >= 0.3 is 7.52 Å². The molecular formula is C25H30N3O6PS. The second-order valence-electron chi connectivity index (χ2n) is 10.7. The minimum atomic E-state index is -4.42. The molecule has 1 heterocycles. The predicted octanol–water partition coefficient (Wildman–Crippen LogP) is 4.33. The first-order valence-electron chi connectivity index (χ1n) is 11.4. The number of carbonyl (C=O) groups is 1. The highest BCUT2D eigenvalue weighted by molar-refractivity contribution is 7.92. The molecule has 0 saturated heterocycles. The Morgan fingerprint density at radius 3 is 2.47 bits per heavy atom. The summed E-state index contributed by atoms with van der Waals surface area (Å²) in [5.41, 5.74) is 0.278. The Labute approximate surface area is 210 Å². The Kier molecular flexibility index (Phi) is 6.22. The number of nitrogens with zero attached hydrogens (tertiary/aromatic N) is 1. The minimum absolute atomic E-state index is 0.0420. The Hall–Kier alpha value is -2.94. The average molecular weight is 532 g/mol. The average Bonchev–Trinajstić information content (AvgIpc) is 2.75. The lowest BCUT2D eigenvalue weighted by atomic mass is 9.65. The summed E-state index contributed by atoms with van der Waals surface area (Å²) >= 11 is 0. The molecule has 1 aliphatic carbocycles. The van der Waals surface area contributed by atoms with E-state index in [1.807, 2.05) is 19.1 Å². The zero-order valence-electron chi connectivity index (χ0n) is 20.8. The van der Waals surface area contributed by atoms with E-state index in [2.05, 4.69) is 35.6 Å². The van der Waals surface area contributed by atoms with Crippen LogP contribution >= 0.6 is 7.52 Å². The lowest BCUT2D eigenvalue weighted by Crippen LogP contribution is -2.43. The molecule has 2 aliphatic rings. The monoisotopic (exact) mass is 531 g/mol. The second-order valence-corrected chi connectivity index (χ2v) is 14.2. The van der Waals surface area contributed by atoms with Crippen molar-refractivity contribution in [3.8, 4) is 0 Å². The van der Waals surface area contributed by atoms with Crippen LogP contribution < -0.4 is 15.3 Å². The van der Waals surface area contributed by atoms with Crippen LogP contribution in [0.1, 0.15) is 51.7 Å². The highest BCUT2D eigenvalue weighted by Crippen LogP contribution is 2.50. The number of ketones is 1. The number of aliphatic hydroxyl groups excluding tert-OH is 1. The van der Waals surface area contributed by atoms with Crippen LogP contribution in [0.2, 0.25) is 0 Å². The molecule has 4 N–H and O–H groups in total. The molecule has 0 amide bonds. The molecule has 0 fully saturated rings. The van der Waals surface area contributed by atoms with Crippen LogP contribution in [0.15, 0.2) is 52.8 Å². The summed E-state index contributed by atoms with van der Waals surface area (Å²) in [7, 11) is -8.02. The SMILES string of the molecule is CC(C)(C)CCC1(C)C(=O)C(C2=NP(=O)(O)c3cc(NS(C)(=O)=O)ccc3N2)=C(O)c2ccccc21. The molecule has 192 valence electrons. The van der Waals surface area contributed by atoms with E-state index in [0.29, 0.717) is 17.5 Å². The summed E-state index contributed by atoms with van der Waals surface area (Å²) in [6.07, 6.45) is 2.21. The van der Waals surface area contributed by atoms with Crippen molar-refractivity contribution in [3.63, 3.8) is 0 Å². The zero-order chi connectivity index (χ0) is 26.7. The lowest BCUT2D eigenvalue weighted by Gasteiger charge is -2.38. The fourth-order valence-corrected chi connectivity index (χ4v) is 6.35. The number of hydrogen-bond donors (Lipinski definition) is 4. The van der Waals surface area contributed by atoms with Crippen molar-refractivity contribution in [2.24, 2.45) is 10.2 Å². The first-order valence-corrected chi connectivity index (χ1v) is 14.9. The number of anilines is 2. The van der Waals surface area contributed by atoms with Crippen molar-refractivity contribution in [1.29, 1.82) is 0 Å². The predicted molar refractivity (Wildman–Crippen MR) is 142 cm³/mol. The molecule has 0 aromatic heterocycles. The maximum atomic E-state index is 14.0. The molecular weight excluding hydrogens is 501 g/mol. The third kappa shape index (κ3) is 4.85. The number of rotatable bonds is 5. The van der Waals surface area contributed by atoms with Crippen LogP contribution in [0.3, 0.4) is 0 Å². The van der Waals surface area contributed by atoms with Crippen molar-refractivity contribution in [1.82, 2.24) is 0 Å². The highest BCUT2D eigenvalue weighted by Gasteiger charge is 2.47. The van der Waals surface area contributed by atoms with E-state index in [9.17, 15) is 27.8 Å². The number of carbonyl (C=O) groups excluding carboxylic acids is 1. The molecule has 0 spiro atoms. The molecule has 2 atom stereocenters. The fraction of sp³-hybridized carbons (Fsp3) is 0.360. The summed E-state index contributed by atoms with van der Waals surface area (Å²) < 4.78 is 42.6. The number of Topliss-reactive ketones (excluding diaryl/α,β-unsaturated/α-hetero) is 1. The number of nitrogens with one attached hydrogen (secondary N) is 2. The Balaban J connectivity index is 1.83. The molecule has 1 aliphatic heterocycles. The number of aliphatic hydroxyl groups is 1. The number of hydrogen-bond acceptors (Lipinski definition) is 6. The molecule has 2 aromatic rings. The van der Waals surface area contributed by atoms with Gasteiger partial charge in [0, 0.05) is 11.3 Å². The van der Waals surface area contributed by atoms with Gasteiger partial charge in [0.15, 0.2) is 5.78 Å². The summed E-state index contributed by atoms with van der Waals surface area (Å²) in [4.78, 5) is 24.8. The molecule has 0 saturated carbocycles. The van der Waals surface area contributed by atoms with E-state index >= 15 is 0 Å². The van der Waals surface area contributed by atoms with Gasteiger partial charge in [-0.2, -0.15) is 4.76 Å². The van der Waals surface area contributed by atoms with E-state index < -0.39 is 28.7 Å². The Morgan fingerprint density at radius 1 is 1.17 bits per heavy atom. The largest absolute Gasteiger partial charge is 0.506 e. The first-order chi connectivity index (χ1) is 16.5. The summed E-state index contributed by atoms with van der Waals surface area (Å²) in [5, 5.41) is 14.0. The molecule has 11 heteroatoms. The van der Waals surface area contributed by atoms with Gasteiger partial charge in [0.25, 0.3) is 0 Å². The van der Waals surface area contributed by atoms with Gasteiger partial charge < -0.3 is 15.3 Å². The van der Waals surface area contributed by atoms with Gasteiger partial charge in [0.05, 0.1) is 22.7 Å². The maximum absolute atomic E-state index is 14.0. The van der Waals surface area contributed by atoms with Crippen LogP contribution in [0.5, 0.6) is 0 Å². The van der Waals surface area contributed by atoms with Gasteiger partial charge in [0.2, 0.25) is 10.0 Å². The van der Waals surface area contributed by atoms with Gasteiger partial charge in [-0.1, -0.05) is 45.0 Å². The van der Waals surface area contributed by atoms with Gasteiger partial charge in [-0.05, 0) is 48.9 Å². The molecule has 9 nitrogen and oxygen atoms in total. The standard InChI is InChI=1S/C25H30N3O6PS/c1-24(2,3)12-13-25(4)17-9-7-6-8-16(17)21(29)20(22(25)30)23-26-18-11-10-15(28-36(5,33)34)14-19(18)35(31,32)27-23/h6-11,14,28-29H,12-13H2,1-5H3,(H2,26,27,31,32). The highest BCUT2D eigenvalue weighted by atomic mass is 32.2. The van der Waals surface area contributed by atoms with Crippen LogP contribution in [0.25, 0.3) is 5.76 Å². The van der Waals surface area contributed by atoms with E-state index in [-0.39, 0.29) is 39.3 Å². The summed E-state index contributed by atoms with van der Waals surface area (Å²) in [6, 6.07) is 11.2. The van der Waals surface area contributed by atoms with Gasteiger partial charge in [-0.15, -0.1) is 0 Å². The van der Waals surface area contributed by atoms with Crippen molar-refractivity contribution in [2.45, 2.75) is 46.0 Å². The van der Waals surface area contributed by atoms with E-state index in [1.54, 1.807) is 12.1 Å². The second kappa shape index (κ2) is 8.57. The molecule has 36 heavy (non-hydrogen) atoms. The van der Waals surface area contributed by atoms with Crippen molar-refractivity contribution < 1.29 is 27.8 Å². The van der Waals surface area contributed by atoms with Crippen LogP contribution in [0, 0.1) is 5.41 Å². The number of sulfonamides is 1. The lowest BCUT2D eigenvalue weighted by molar-refractivity contribution is -0.120. The molecule has 0 radical (unpaired) electrons. The Morgan fingerprint density at radius 2 is 1.83 bits per heavy atom. The molecule has 0 bridgehead atoms. The number of amidine groups is 1. The summed E-state index contributed by atoms with van der Waals surface area (Å²) in [6.45, 7) is 8.08. The summed E-state index contributed by atoms with van der Waals surface area (Å²) in [5.74, 6) is -0.905. The van der Waals surface area contributed by atoms with E-state index in [0.717, 1.165) is 12.7 Å². The topological polar surface area (TPSA) is 145 Å². The molecule has 2 unspecified atom stereocenters. The van der Waals surface area contributed by atoms with Gasteiger partial charge in [-0.25, -0.2) is 8.42 Å². The van der Waals surface area contributed by atoms with Crippen molar-refractivity contribution >= 4 is 51.6 Å². The molecule has 2 aromatic carbocycles. The minimum Gasteiger partial charge on any atom is -0.506 e. The van der Waals surface area contributed by atoms with E-state index in [1.165, 1.54) is 18.2 Å². The number of fused-ring (bicyclic) bond motifs is 2. The van der Waals surface area contributed by atoms with Gasteiger partial charge in [0.1, 0.15) is 17.2 Å². The van der Waals surface area contributed by atoms with Crippen molar-refractivity contribution in [3.05, 3.63) is 59.2 Å². The third-order valence-corrected chi connectivity index (χ3v) is 8.53. The normalized spacial score (nSPS) is 23.9. The van der Waals surface area contributed by atoms with Crippen LogP contribution in [-0.4, -0.2) is 36.3 Å². The smallest absolute Gasteiger partial charge is 0.346 e. The molecule has 4 rings (SSSR count). The fourth-order valence-electron chi connectivity index (χ4n) is 4.51. The van der Waals surface area contributed by atoms with E-state index in [4.69, 9.17) is 0 Å². The Bertz CT molecular complexity index is 1490.